The lowest BCUT2D eigenvalue weighted by atomic mass is 9.94. The fourth-order valence-corrected chi connectivity index (χ4v) is 4.66. The van der Waals surface area contributed by atoms with Crippen molar-refractivity contribution >= 4 is 29.0 Å². The summed E-state index contributed by atoms with van der Waals surface area (Å²) in [5.74, 6) is 1.04. The predicted octanol–water partition coefficient (Wildman–Crippen LogP) is 4.19. The highest BCUT2D eigenvalue weighted by atomic mass is 35.5. The number of carbonyl (C=O) groups is 1. The number of nitrogens with zero attached hydrogens (tertiary/aromatic N) is 1. The summed E-state index contributed by atoms with van der Waals surface area (Å²) in [5, 5.41) is 10.5. The maximum Gasteiger partial charge on any atom is 0.229 e. The topological polar surface area (TPSA) is 84.5 Å². The number of anilines is 2. The number of carbonyl (C=O) groups excluding carboxylic acids is 1. The van der Waals surface area contributed by atoms with Gasteiger partial charge in [-0.15, -0.1) is 0 Å². The largest absolute Gasteiger partial charge is 0.385 e. The zero-order chi connectivity index (χ0) is 23.0. The van der Waals surface area contributed by atoms with E-state index in [1.54, 1.807) is 13.3 Å². The van der Waals surface area contributed by atoms with Crippen LogP contribution < -0.4 is 16.0 Å². The maximum absolute atomic E-state index is 12.8. The van der Waals surface area contributed by atoms with Gasteiger partial charge in [0.1, 0.15) is 5.82 Å². The van der Waals surface area contributed by atoms with E-state index in [4.69, 9.17) is 21.1 Å². The number of amides is 1. The quantitative estimate of drug-likeness (QED) is 0.534. The molecule has 0 spiro atoms. The molecule has 7 nitrogen and oxygen atoms in total. The number of rotatable bonds is 8. The summed E-state index contributed by atoms with van der Waals surface area (Å²) in [5.41, 5.74) is 2.88. The molecule has 2 aliphatic heterocycles. The zero-order valence-corrected chi connectivity index (χ0v) is 19.9. The summed E-state index contributed by atoms with van der Waals surface area (Å²) in [6, 6.07) is 10.4. The normalized spacial score (nSPS) is 21.5. The highest BCUT2D eigenvalue weighted by molar-refractivity contribution is 6.33. The van der Waals surface area contributed by atoms with Gasteiger partial charge in [0.15, 0.2) is 0 Å². The molecule has 1 amide bonds. The Morgan fingerprint density at radius 3 is 2.85 bits per heavy atom. The lowest BCUT2D eigenvalue weighted by molar-refractivity contribution is -0.120. The van der Waals surface area contributed by atoms with E-state index in [0.717, 1.165) is 62.3 Å². The fourth-order valence-electron chi connectivity index (χ4n) is 4.45. The second kappa shape index (κ2) is 11.8. The summed E-state index contributed by atoms with van der Waals surface area (Å²) in [6.45, 7) is 3.93. The molecular formula is C25H33ClN4O3. The first-order chi connectivity index (χ1) is 16.1. The molecule has 3 N–H and O–H groups in total. The van der Waals surface area contributed by atoms with Crippen molar-refractivity contribution in [3.63, 3.8) is 0 Å². The Morgan fingerprint density at radius 1 is 1.24 bits per heavy atom. The van der Waals surface area contributed by atoms with Gasteiger partial charge >= 0.3 is 0 Å². The number of hydrogen-bond acceptors (Lipinski definition) is 6. The van der Waals surface area contributed by atoms with Crippen molar-refractivity contribution in [2.45, 2.75) is 31.7 Å². The first kappa shape index (κ1) is 24.0. The van der Waals surface area contributed by atoms with E-state index in [-0.39, 0.29) is 11.8 Å². The minimum absolute atomic E-state index is 0.0222. The predicted molar refractivity (Wildman–Crippen MR) is 132 cm³/mol. The number of halogens is 1. The Morgan fingerprint density at radius 2 is 2.09 bits per heavy atom. The molecule has 0 radical (unpaired) electrons. The second-order valence-corrected chi connectivity index (χ2v) is 9.30. The lowest BCUT2D eigenvalue weighted by Gasteiger charge is -2.28. The zero-order valence-electron chi connectivity index (χ0n) is 19.1. The van der Waals surface area contributed by atoms with Crippen LogP contribution in [0.3, 0.4) is 0 Å². The van der Waals surface area contributed by atoms with E-state index >= 15 is 0 Å². The third-order valence-corrected chi connectivity index (χ3v) is 6.77. The van der Waals surface area contributed by atoms with E-state index in [1.165, 1.54) is 0 Å². The van der Waals surface area contributed by atoms with Crippen LogP contribution in [-0.4, -0.2) is 57.0 Å². The van der Waals surface area contributed by atoms with Crippen LogP contribution in [0.15, 0.2) is 36.5 Å². The van der Waals surface area contributed by atoms with Crippen LogP contribution in [0.5, 0.6) is 0 Å². The highest BCUT2D eigenvalue weighted by Gasteiger charge is 2.26. The van der Waals surface area contributed by atoms with Crippen LogP contribution in [0.1, 0.15) is 25.7 Å². The van der Waals surface area contributed by atoms with Gasteiger partial charge in [0, 0.05) is 56.9 Å². The highest BCUT2D eigenvalue weighted by Crippen LogP contribution is 2.31. The molecule has 2 saturated heterocycles. The number of ether oxygens (including phenoxy) is 2. The Balaban J connectivity index is 1.39. The standard InChI is InChI=1S/C25H33ClN4O3/c1-32-16-21-6-5-19(14-28-21)25(31)30-24-12-22(23(26)15-29-24)18-3-2-4-20(11-18)27-13-17-7-9-33-10-8-17/h2-4,11-12,15,17,19,21,27-28H,5-10,13-14,16H2,1H3,(H,29,30,31)/t19-,21-/m1/s1. The number of pyridine rings is 1. The number of hydrogen-bond donors (Lipinski definition) is 3. The number of piperidine rings is 1. The molecule has 4 rings (SSSR count). The number of aromatic nitrogens is 1. The van der Waals surface area contributed by atoms with Crippen LogP contribution in [0.2, 0.25) is 5.02 Å². The van der Waals surface area contributed by atoms with Crippen LogP contribution in [-0.2, 0) is 14.3 Å². The van der Waals surface area contributed by atoms with Crippen LogP contribution in [0.25, 0.3) is 11.1 Å². The van der Waals surface area contributed by atoms with E-state index in [0.29, 0.717) is 36.0 Å². The van der Waals surface area contributed by atoms with Crippen molar-refractivity contribution in [2.75, 3.05) is 50.7 Å². The molecule has 8 heteroatoms. The fraction of sp³-hybridized carbons (Fsp3) is 0.520. The summed E-state index contributed by atoms with van der Waals surface area (Å²) < 4.78 is 10.6. The Kier molecular flexibility index (Phi) is 8.56. The molecule has 0 saturated carbocycles. The molecule has 2 aliphatic rings. The van der Waals surface area contributed by atoms with Crippen molar-refractivity contribution in [2.24, 2.45) is 11.8 Å². The van der Waals surface area contributed by atoms with Gasteiger partial charge in [-0.2, -0.15) is 0 Å². The maximum atomic E-state index is 12.8. The molecule has 178 valence electrons. The minimum atomic E-state index is -0.0863. The third-order valence-electron chi connectivity index (χ3n) is 6.47. The smallest absolute Gasteiger partial charge is 0.229 e. The van der Waals surface area contributed by atoms with Crippen molar-refractivity contribution in [3.8, 4) is 11.1 Å². The van der Waals surface area contributed by atoms with E-state index < -0.39 is 0 Å². The van der Waals surface area contributed by atoms with Gasteiger partial charge in [-0.1, -0.05) is 23.7 Å². The van der Waals surface area contributed by atoms with E-state index in [1.807, 2.05) is 18.2 Å². The number of nitrogens with one attached hydrogen (secondary N) is 3. The molecule has 2 fully saturated rings. The first-order valence-electron chi connectivity index (χ1n) is 11.7. The van der Waals surface area contributed by atoms with Crippen molar-refractivity contribution in [3.05, 3.63) is 41.6 Å². The Bertz CT molecular complexity index is 928. The summed E-state index contributed by atoms with van der Waals surface area (Å²) in [7, 11) is 1.70. The average Bonchev–Trinajstić information content (AvgIpc) is 2.85. The van der Waals surface area contributed by atoms with Crippen molar-refractivity contribution < 1.29 is 14.3 Å². The molecule has 1 aromatic carbocycles. The van der Waals surface area contributed by atoms with Gasteiger partial charge in [-0.05, 0) is 55.4 Å². The molecule has 0 unspecified atom stereocenters. The average molecular weight is 473 g/mol. The second-order valence-electron chi connectivity index (χ2n) is 8.89. The van der Waals surface area contributed by atoms with Gasteiger partial charge in [0.25, 0.3) is 0 Å². The van der Waals surface area contributed by atoms with E-state index in [9.17, 15) is 4.79 Å². The Hall–Kier alpha value is -2.19. The molecule has 2 aromatic rings. The van der Waals surface area contributed by atoms with Crippen LogP contribution in [0.4, 0.5) is 11.5 Å². The van der Waals surface area contributed by atoms with Crippen LogP contribution >= 0.6 is 11.6 Å². The molecule has 33 heavy (non-hydrogen) atoms. The molecule has 0 bridgehead atoms. The number of benzene rings is 1. The van der Waals surface area contributed by atoms with Crippen molar-refractivity contribution in [1.29, 1.82) is 0 Å². The number of methoxy groups -OCH3 is 1. The SMILES string of the molecule is COC[C@H]1CC[C@@H](C(=O)Nc2cc(-c3cccc(NCC4CCOCC4)c3)c(Cl)cn2)CN1. The summed E-state index contributed by atoms with van der Waals surface area (Å²) in [6.07, 6.45) is 5.53. The third kappa shape index (κ3) is 6.67. The molecule has 0 aliphatic carbocycles. The lowest BCUT2D eigenvalue weighted by Crippen LogP contribution is -2.45. The van der Waals surface area contributed by atoms with Crippen molar-refractivity contribution in [1.82, 2.24) is 10.3 Å². The molecule has 1 aromatic heterocycles. The van der Waals surface area contributed by atoms with Gasteiger partial charge in [0.2, 0.25) is 5.91 Å². The van der Waals surface area contributed by atoms with E-state index in [2.05, 4.69) is 33.1 Å². The molecular weight excluding hydrogens is 440 g/mol. The summed E-state index contributed by atoms with van der Waals surface area (Å²) in [4.78, 5) is 17.1. The van der Waals surface area contributed by atoms with Gasteiger partial charge in [-0.3, -0.25) is 4.79 Å². The molecule has 3 heterocycles. The van der Waals surface area contributed by atoms with Gasteiger partial charge in [0.05, 0.1) is 17.5 Å². The first-order valence-corrected chi connectivity index (χ1v) is 12.1. The van der Waals surface area contributed by atoms with Gasteiger partial charge < -0.3 is 25.4 Å². The molecule has 2 atom stereocenters. The minimum Gasteiger partial charge on any atom is -0.385 e. The summed E-state index contributed by atoms with van der Waals surface area (Å²) >= 11 is 6.48. The van der Waals surface area contributed by atoms with Crippen LogP contribution in [0, 0.1) is 11.8 Å². The monoisotopic (exact) mass is 472 g/mol. The van der Waals surface area contributed by atoms with Gasteiger partial charge in [-0.25, -0.2) is 4.98 Å². The Labute approximate surface area is 200 Å².